The van der Waals surface area contributed by atoms with Crippen LogP contribution in [0.4, 0.5) is 10.8 Å². The predicted molar refractivity (Wildman–Crippen MR) is 68.1 cm³/mol. The number of hydrogen-bond acceptors (Lipinski definition) is 7. The maximum absolute atomic E-state index is 11.8. The Hall–Kier alpha value is -2.97. The topological polar surface area (TPSA) is 128 Å². The molecule has 0 spiro atoms. The van der Waals surface area contributed by atoms with Crippen LogP contribution in [0, 0.1) is 22.7 Å². The second kappa shape index (κ2) is 5.12. The molecule has 0 aliphatic rings. The van der Waals surface area contributed by atoms with Crippen molar-refractivity contribution >= 4 is 28.1 Å². The third kappa shape index (κ3) is 2.65. The monoisotopic (exact) mass is 270 g/mol. The van der Waals surface area contributed by atoms with E-state index in [1.165, 1.54) is 18.2 Å². The zero-order valence-corrected chi connectivity index (χ0v) is 10.2. The van der Waals surface area contributed by atoms with Crippen LogP contribution in [0.3, 0.4) is 0 Å². The van der Waals surface area contributed by atoms with Crippen LogP contribution in [-0.4, -0.2) is 16.1 Å². The summed E-state index contributed by atoms with van der Waals surface area (Å²) in [4.78, 5) is 11.8. The molecule has 0 fully saturated rings. The van der Waals surface area contributed by atoms with E-state index in [1.54, 1.807) is 0 Å². The van der Waals surface area contributed by atoms with E-state index in [0.29, 0.717) is 5.69 Å². The summed E-state index contributed by atoms with van der Waals surface area (Å²) in [6.07, 6.45) is 0. The van der Waals surface area contributed by atoms with E-state index in [-0.39, 0.29) is 21.3 Å². The Balaban J connectivity index is 2.23. The van der Waals surface area contributed by atoms with Gasteiger partial charge in [-0.3, -0.25) is 4.79 Å². The van der Waals surface area contributed by atoms with Crippen molar-refractivity contribution in [2.45, 2.75) is 0 Å². The Kier molecular flexibility index (Phi) is 3.37. The van der Waals surface area contributed by atoms with E-state index >= 15 is 0 Å². The van der Waals surface area contributed by atoms with Crippen LogP contribution < -0.4 is 11.1 Å². The summed E-state index contributed by atoms with van der Waals surface area (Å²) in [6.45, 7) is 0. The Morgan fingerprint density at radius 3 is 2.58 bits per heavy atom. The summed E-state index contributed by atoms with van der Waals surface area (Å²) in [5.41, 5.74) is 6.22. The molecule has 0 radical (unpaired) electrons. The van der Waals surface area contributed by atoms with Gasteiger partial charge in [0.15, 0.2) is 0 Å². The van der Waals surface area contributed by atoms with Crippen molar-refractivity contribution in [2.24, 2.45) is 0 Å². The first kappa shape index (κ1) is 12.5. The summed E-state index contributed by atoms with van der Waals surface area (Å²) < 4.78 is 0. The minimum absolute atomic E-state index is 0.125. The minimum Gasteiger partial charge on any atom is -0.374 e. The molecule has 0 saturated carbocycles. The summed E-state index contributed by atoms with van der Waals surface area (Å²) in [5.74, 6) is -0.470. The van der Waals surface area contributed by atoms with E-state index in [2.05, 4.69) is 15.5 Å². The van der Waals surface area contributed by atoms with Gasteiger partial charge in [0.25, 0.3) is 5.91 Å². The fourth-order valence-corrected chi connectivity index (χ4v) is 1.83. The van der Waals surface area contributed by atoms with Crippen LogP contribution in [0.1, 0.15) is 20.9 Å². The van der Waals surface area contributed by atoms with Gasteiger partial charge in [0.1, 0.15) is 12.1 Å². The average Bonchev–Trinajstić information content (AvgIpc) is 2.85. The van der Waals surface area contributed by atoms with E-state index in [0.717, 1.165) is 11.3 Å². The van der Waals surface area contributed by atoms with Crippen molar-refractivity contribution < 1.29 is 4.79 Å². The molecule has 1 amide bonds. The lowest BCUT2D eigenvalue weighted by atomic mass is 10.1. The van der Waals surface area contributed by atoms with Crippen LogP contribution in [-0.2, 0) is 0 Å². The Morgan fingerprint density at radius 2 is 2.00 bits per heavy atom. The number of nitrogens with zero attached hydrogens (tertiary/aromatic N) is 4. The molecule has 7 nitrogen and oxygen atoms in total. The maximum Gasteiger partial charge on any atom is 0.286 e. The highest BCUT2D eigenvalue weighted by Crippen LogP contribution is 2.17. The molecule has 0 aliphatic heterocycles. The van der Waals surface area contributed by atoms with E-state index in [4.69, 9.17) is 16.3 Å². The summed E-state index contributed by atoms with van der Waals surface area (Å²) in [6, 6.07) is 8.18. The Labute approximate surface area is 111 Å². The molecule has 0 aliphatic carbocycles. The summed E-state index contributed by atoms with van der Waals surface area (Å²) in [7, 11) is 0. The first-order chi connectivity index (χ1) is 9.13. The maximum atomic E-state index is 11.8. The van der Waals surface area contributed by atoms with Crippen LogP contribution in [0.25, 0.3) is 0 Å². The standard InChI is InChI=1S/C11H6N6OS/c12-4-6-1-2-8(3-7(6)5-13)15-9(18)10-16-17-11(14)19-10/h1-3H,(H2,14,17)(H,15,18). The van der Waals surface area contributed by atoms with Gasteiger partial charge in [-0.1, -0.05) is 11.3 Å². The highest BCUT2D eigenvalue weighted by Gasteiger charge is 2.12. The quantitative estimate of drug-likeness (QED) is 0.841. The van der Waals surface area contributed by atoms with Gasteiger partial charge < -0.3 is 11.1 Å². The summed E-state index contributed by atoms with van der Waals surface area (Å²) in [5, 5.41) is 27.7. The molecule has 0 unspecified atom stereocenters. The number of nitriles is 2. The molecule has 1 aromatic heterocycles. The number of amides is 1. The zero-order chi connectivity index (χ0) is 13.8. The second-order valence-electron chi connectivity index (χ2n) is 3.38. The van der Waals surface area contributed by atoms with Gasteiger partial charge in [-0.25, -0.2) is 0 Å². The number of carbonyl (C=O) groups is 1. The van der Waals surface area contributed by atoms with Gasteiger partial charge >= 0.3 is 0 Å². The van der Waals surface area contributed by atoms with Crippen LogP contribution >= 0.6 is 11.3 Å². The van der Waals surface area contributed by atoms with Crippen LogP contribution in [0.2, 0.25) is 0 Å². The SMILES string of the molecule is N#Cc1ccc(NC(=O)c2nnc(N)s2)cc1C#N. The highest BCUT2D eigenvalue weighted by atomic mass is 32.1. The number of nitrogens with two attached hydrogens (primary N) is 1. The number of carbonyl (C=O) groups excluding carboxylic acids is 1. The molecule has 1 aromatic carbocycles. The largest absolute Gasteiger partial charge is 0.374 e. The Morgan fingerprint density at radius 1 is 1.26 bits per heavy atom. The number of benzene rings is 1. The fraction of sp³-hybridized carbons (Fsp3) is 0. The zero-order valence-electron chi connectivity index (χ0n) is 9.41. The van der Waals surface area contributed by atoms with Crippen LogP contribution in [0.5, 0.6) is 0 Å². The molecule has 8 heteroatoms. The number of anilines is 2. The van der Waals surface area contributed by atoms with E-state index in [9.17, 15) is 4.79 Å². The first-order valence-electron chi connectivity index (χ1n) is 4.98. The van der Waals surface area contributed by atoms with Gasteiger partial charge in [0.05, 0.1) is 11.1 Å². The molecule has 3 N–H and O–H groups in total. The average molecular weight is 270 g/mol. The molecule has 1 heterocycles. The first-order valence-corrected chi connectivity index (χ1v) is 5.80. The van der Waals surface area contributed by atoms with Gasteiger partial charge in [0, 0.05) is 5.69 Å². The molecular weight excluding hydrogens is 264 g/mol. The molecule has 0 saturated heterocycles. The van der Waals surface area contributed by atoms with Crippen molar-refractivity contribution in [1.82, 2.24) is 10.2 Å². The highest BCUT2D eigenvalue weighted by molar-refractivity contribution is 7.16. The van der Waals surface area contributed by atoms with Gasteiger partial charge in [0.2, 0.25) is 10.1 Å². The van der Waals surface area contributed by atoms with E-state index < -0.39 is 5.91 Å². The number of rotatable bonds is 2. The van der Waals surface area contributed by atoms with Crippen molar-refractivity contribution in [3.05, 3.63) is 34.3 Å². The predicted octanol–water partition coefficient (Wildman–Crippen LogP) is 1.12. The second-order valence-corrected chi connectivity index (χ2v) is 4.39. The third-order valence-electron chi connectivity index (χ3n) is 2.15. The van der Waals surface area contributed by atoms with Crippen molar-refractivity contribution in [2.75, 3.05) is 11.1 Å². The molecule has 92 valence electrons. The normalized spacial score (nSPS) is 9.37. The third-order valence-corrected chi connectivity index (χ3v) is 2.90. The van der Waals surface area contributed by atoms with Crippen molar-refractivity contribution in [3.63, 3.8) is 0 Å². The molecular formula is C11H6N6OS. The van der Waals surface area contributed by atoms with Crippen molar-refractivity contribution in [1.29, 1.82) is 10.5 Å². The molecule has 0 bridgehead atoms. The Bertz CT molecular complexity index is 724. The molecule has 2 aromatic rings. The number of nitrogen functional groups attached to an aromatic ring is 1. The van der Waals surface area contributed by atoms with Gasteiger partial charge in [-0.15, -0.1) is 10.2 Å². The van der Waals surface area contributed by atoms with E-state index in [1.807, 2.05) is 12.1 Å². The van der Waals surface area contributed by atoms with Gasteiger partial charge in [-0.05, 0) is 18.2 Å². The lowest BCUT2D eigenvalue weighted by Crippen LogP contribution is -2.11. The van der Waals surface area contributed by atoms with Crippen LogP contribution in [0.15, 0.2) is 18.2 Å². The molecule has 19 heavy (non-hydrogen) atoms. The molecule has 2 rings (SSSR count). The number of aromatic nitrogens is 2. The van der Waals surface area contributed by atoms with Gasteiger partial charge in [-0.2, -0.15) is 10.5 Å². The lowest BCUT2D eigenvalue weighted by Gasteiger charge is -2.03. The lowest BCUT2D eigenvalue weighted by molar-refractivity contribution is 0.102. The fourth-order valence-electron chi connectivity index (χ4n) is 1.32. The summed E-state index contributed by atoms with van der Waals surface area (Å²) >= 11 is 0.959. The van der Waals surface area contributed by atoms with Crippen molar-refractivity contribution in [3.8, 4) is 12.1 Å². The molecule has 0 atom stereocenters. The number of hydrogen-bond donors (Lipinski definition) is 2. The smallest absolute Gasteiger partial charge is 0.286 e. The number of nitrogens with one attached hydrogen (secondary N) is 1. The minimum atomic E-state index is -0.470.